The summed E-state index contributed by atoms with van der Waals surface area (Å²) in [6.07, 6.45) is 8.37. The van der Waals surface area contributed by atoms with E-state index in [9.17, 15) is 0 Å². The van der Waals surface area contributed by atoms with E-state index in [0.717, 1.165) is 18.2 Å². The average molecular weight is 217 g/mol. The second-order valence-electron chi connectivity index (χ2n) is 5.06. The molecule has 16 heavy (non-hydrogen) atoms. The summed E-state index contributed by atoms with van der Waals surface area (Å²) < 4.78 is 5.50. The van der Waals surface area contributed by atoms with Crippen molar-refractivity contribution in [3.8, 4) is 0 Å². The van der Waals surface area contributed by atoms with Crippen molar-refractivity contribution >= 4 is 0 Å². The lowest BCUT2D eigenvalue weighted by atomic mass is 9.81. The zero-order valence-corrected chi connectivity index (χ0v) is 10.0. The molecule has 0 amide bonds. The van der Waals surface area contributed by atoms with Crippen molar-refractivity contribution in [3.05, 3.63) is 34.6 Å². The van der Waals surface area contributed by atoms with E-state index in [1.54, 1.807) is 12.7 Å². The Morgan fingerprint density at radius 1 is 1.44 bits per heavy atom. The normalized spacial score (nSPS) is 32.9. The zero-order chi connectivity index (χ0) is 11.1. The standard InChI is InChI=1S/C14H19NO/c1-9-6-10-4-3-5-11-7-13(16-2)12(8-15-9)14(10)11/h5,7,9-10,15H,3-4,6,8H2,1-2H3/t9-,10-/m1/s1. The second kappa shape index (κ2) is 3.77. The Morgan fingerprint density at radius 3 is 3.12 bits per heavy atom. The van der Waals surface area contributed by atoms with E-state index in [-0.39, 0.29) is 0 Å². The Kier molecular flexibility index (Phi) is 2.40. The van der Waals surface area contributed by atoms with Crippen LogP contribution in [0.5, 0.6) is 0 Å². The van der Waals surface area contributed by atoms with Crippen LogP contribution in [-0.4, -0.2) is 19.7 Å². The van der Waals surface area contributed by atoms with Gasteiger partial charge in [0.2, 0.25) is 0 Å². The fraction of sp³-hybridized carbons (Fsp3) is 0.571. The number of hydrogen-bond acceptors (Lipinski definition) is 2. The van der Waals surface area contributed by atoms with Gasteiger partial charge in [-0.1, -0.05) is 6.08 Å². The van der Waals surface area contributed by atoms with Crippen molar-refractivity contribution in [1.82, 2.24) is 5.32 Å². The molecule has 0 aromatic rings. The predicted octanol–water partition coefficient (Wildman–Crippen LogP) is 2.55. The van der Waals surface area contributed by atoms with Crippen LogP contribution >= 0.6 is 0 Å². The smallest absolute Gasteiger partial charge is 0.124 e. The van der Waals surface area contributed by atoms with Gasteiger partial charge in [0, 0.05) is 18.2 Å². The van der Waals surface area contributed by atoms with Gasteiger partial charge in [-0.25, -0.2) is 0 Å². The summed E-state index contributed by atoms with van der Waals surface area (Å²) in [5, 5.41) is 3.59. The van der Waals surface area contributed by atoms with Crippen molar-refractivity contribution in [2.45, 2.75) is 32.2 Å². The summed E-state index contributed by atoms with van der Waals surface area (Å²) in [6, 6.07) is 0.619. The molecule has 2 nitrogen and oxygen atoms in total. The van der Waals surface area contributed by atoms with Crippen molar-refractivity contribution in [2.75, 3.05) is 13.7 Å². The monoisotopic (exact) mass is 217 g/mol. The molecule has 0 aromatic heterocycles. The van der Waals surface area contributed by atoms with Crippen molar-refractivity contribution in [1.29, 1.82) is 0 Å². The summed E-state index contributed by atoms with van der Waals surface area (Å²) >= 11 is 0. The molecule has 2 aliphatic carbocycles. The maximum atomic E-state index is 5.50. The van der Waals surface area contributed by atoms with Crippen molar-refractivity contribution in [3.63, 3.8) is 0 Å². The van der Waals surface area contributed by atoms with Crippen LogP contribution < -0.4 is 5.32 Å². The lowest BCUT2D eigenvalue weighted by Crippen LogP contribution is -2.27. The molecule has 0 saturated carbocycles. The number of methoxy groups -OCH3 is 1. The molecule has 2 heteroatoms. The fourth-order valence-corrected chi connectivity index (χ4v) is 3.23. The molecule has 86 valence electrons. The van der Waals surface area contributed by atoms with Crippen LogP contribution in [-0.2, 0) is 4.74 Å². The highest BCUT2D eigenvalue weighted by Gasteiger charge is 2.33. The van der Waals surface area contributed by atoms with Crippen LogP contribution in [0.4, 0.5) is 0 Å². The first-order valence-electron chi connectivity index (χ1n) is 6.22. The Morgan fingerprint density at radius 2 is 2.31 bits per heavy atom. The minimum absolute atomic E-state index is 0.619. The lowest BCUT2D eigenvalue weighted by Gasteiger charge is -2.24. The van der Waals surface area contributed by atoms with Crippen LogP contribution in [0.2, 0.25) is 0 Å². The molecule has 0 bridgehead atoms. The third kappa shape index (κ3) is 1.44. The summed E-state index contributed by atoms with van der Waals surface area (Å²) in [5.41, 5.74) is 4.40. The van der Waals surface area contributed by atoms with Gasteiger partial charge in [-0.3, -0.25) is 0 Å². The van der Waals surface area contributed by atoms with Gasteiger partial charge in [-0.2, -0.15) is 0 Å². The molecule has 0 fully saturated rings. The fourth-order valence-electron chi connectivity index (χ4n) is 3.23. The third-order valence-corrected chi connectivity index (χ3v) is 3.99. The average Bonchev–Trinajstić information content (AvgIpc) is 2.55. The molecule has 2 atom stereocenters. The van der Waals surface area contributed by atoms with E-state index >= 15 is 0 Å². The molecular weight excluding hydrogens is 198 g/mol. The molecule has 1 aliphatic heterocycles. The van der Waals surface area contributed by atoms with Gasteiger partial charge in [-0.15, -0.1) is 0 Å². The van der Waals surface area contributed by atoms with E-state index in [1.807, 2.05) is 0 Å². The van der Waals surface area contributed by atoms with Crippen LogP contribution in [0, 0.1) is 5.92 Å². The minimum Gasteiger partial charge on any atom is -0.496 e. The van der Waals surface area contributed by atoms with E-state index in [1.165, 1.54) is 30.4 Å². The Hall–Kier alpha value is -1.02. The van der Waals surface area contributed by atoms with Crippen LogP contribution in [0.1, 0.15) is 26.2 Å². The van der Waals surface area contributed by atoms with Crippen LogP contribution in [0.15, 0.2) is 34.6 Å². The predicted molar refractivity (Wildman–Crippen MR) is 65.0 cm³/mol. The van der Waals surface area contributed by atoms with E-state index in [2.05, 4.69) is 24.4 Å². The quantitative estimate of drug-likeness (QED) is 0.729. The molecule has 3 rings (SSSR count). The third-order valence-electron chi connectivity index (χ3n) is 3.99. The second-order valence-corrected chi connectivity index (χ2v) is 5.06. The van der Waals surface area contributed by atoms with Gasteiger partial charge in [0.15, 0.2) is 0 Å². The first-order chi connectivity index (χ1) is 7.79. The van der Waals surface area contributed by atoms with E-state index in [0.29, 0.717) is 6.04 Å². The highest BCUT2D eigenvalue weighted by atomic mass is 16.5. The Bertz CT molecular complexity index is 403. The number of nitrogens with one attached hydrogen (secondary N) is 1. The van der Waals surface area contributed by atoms with Gasteiger partial charge in [-0.05, 0) is 49.3 Å². The van der Waals surface area contributed by atoms with Gasteiger partial charge >= 0.3 is 0 Å². The molecule has 1 heterocycles. The summed E-state index contributed by atoms with van der Waals surface area (Å²) in [7, 11) is 1.78. The molecule has 0 saturated heterocycles. The summed E-state index contributed by atoms with van der Waals surface area (Å²) in [6.45, 7) is 3.25. The van der Waals surface area contributed by atoms with Gasteiger partial charge in [0.05, 0.1) is 7.11 Å². The summed E-state index contributed by atoms with van der Waals surface area (Å²) in [5.74, 6) is 1.82. The zero-order valence-electron chi connectivity index (χ0n) is 10.0. The van der Waals surface area contributed by atoms with E-state index < -0.39 is 0 Å². The van der Waals surface area contributed by atoms with Crippen LogP contribution in [0.25, 0.3) is 0 Å². The van der Waals surface area contributed by atoms with Gasteiger partial charge < -0.3 is 10.1 Å². The molecule has 0 radical (unpaired) electrons. The minimum atomic E-state index is 0.619. The number of allylic oxidation sites excluding steroid dienone is 4. The first kappa shape index (κ1) is 10.2. The van der Waals surface area contributed by atoms with Crippen molar-refractivity contribution < 1.29 is 4.74 Å². The maximum absolute atomic E-state index is 5.50. The molecule has 3 aliphatic rings. The largest absolute Gasteiger partial charge is 0.496 e. The number of ether oxygens (including phenoxy) is 1. The molecule has 0 aromatic carbocycles. The lowest BCUT2D eigenvalue weighted by molar-refractivity contribution is 0.299. The SMILES string of the molecule is COC1=CC2=CCC[C@@H]3C[C@@H](C)NCC1=C23. The molecule has 1 N–H and O–H groups in total. The van der Waals surface area contributed by atoms with E-state index in [4.69, 9.17) is 4.74 Å². The van der Waals surface area contributed by atoms with Crippen LogP contribution in [0.3, 0.4) is 0 Å². The van der Waals surface area contributed by atoms with Gasteiger partial charge in [0.25, 0.3) is 0 Å². The molecule has 0 spiro atoms. The Labute approximate surface area is 97.1 Å². The summed E-state index contributed by atoms with van der Waals surface area (Å²) in [4.78, 5) is 0. The van der Waals surface area contributed by atoms with Gasteiger partial charge in [0.1, 0.15) is 5.76 Å². The molecule has 0 unspecified atom stereocenters. The highest BCUT2D eigenvalue weighted by Crippen LogP contribution is 2.43. The Balaban J connectivity index is 2.05. The van der Waals surface area contributed by atoms with Crippen molar-refractivity contribution in [2.24, 2.45) is 5.92 Å². The maximum Gasteiger partial charge on any atom is 0.124 e. The molecular formula is C14H19NO. The topological polar surface area (TPSA) is 21.3 Å². The number of rotatable bonds is 1. The number of hydrogen-bond donors (Lipinski definition) is 1. The highest BCUT2D eigenvalue weighted by molar-refractivity contribution is 5.59. The first-order valence-corrected chi connectivity index (χ1v) is 6.22.